The van der Waals surface area contributed by atoms with E-state index in [-0.39, 0.29) is 67.4 Å². The molecule has 63 heavy (non-hydrogen) atoms. The molecule has 0 saturated carbocycles. The summed E-state index contributed by atoms with van der Waals surface area (Å²) in [5.74, 6) is -0.672. The van der Waals surface area contributed by atoms with E-state index >= 15 is 0 Å². The van der Waals surface area contributed by atoms with Crippen LogP contribution in [0.5, 0.6) is 5.75 Å². The first-order valence-electron chi connectivity index (χ1n) is 21.0. The second-order valence-corrected chi connectivity index (χ2v) is 17.8. The number of aryl methyl sites for hydroxylation is 1. The number of hydrogen-bond acceptors (Lipinski definition) is 10. The van der Waals surface area contributed by atoms with Gasteiger partial charge in [0.15, 0.2) is 5.96 Å². The fourth-order valence-corrected chi connectivity index (χ4v) is 8.25. The molecular formula is C46H62ClN9O6S. The van der Waals surface area contributed by atoms with Gasteiger partial charge in [0, 0.05) is 36.8 Å². The number of amides is 4. The van der Waals surface area contributed by atoms with Crippen molar-refractivity contribution >= 4 is 64.7 Å². The lowest BCUT2D eigenvalue weighted by atomic mass is 9.85. The molecule has 1 aromatic heterocycles. The molecule has 4 aromatic rings. The van der Waals surface area contributed by atoms with Crippen LogP contribution in [0.3, 0.4) is 0 Å². The molecule has 1 saturated heterocycles. The third-order valence-corrected chi connectivity index (χ3v) is 11.7. The molecule has 0 bridgehead atoms. The number of anilines is 1. The summed E-state index contributed by atoms with van der Waals surface area (Å²) in [6.07, 6.45) is 3.03. The molecule has 5 rings (SSSR count). The molecule has 0 spiro atoms. The van der Waals surface area contributed by atoms with Gasteiger partial charge in [-0.1, -0.05) is 70.0 Å². The molecule has 17 heteroatoms. The van der Waals surface area contributed by atoms with E-state index < -0.39 is 23.6 Å². The standard InChI is InChI=1S/C46H61N9O6S.ClH/c1-28(52-39(57)22-30-13-18-34(19-14-30)53-42(58)33-17-20-36(54-45(47)48)38(23-33)61-6)10-8-7-9-21-49-41(46(3,4)5)44(60)55-26-35(56)24-37(55)43(59)50-25-31-11-15-32(16-12-31)40-29(2)51-27-62-40;/h11-20,23,27-28,35,37,41,49,56H,7-10,21-22,24-26H2,1-6H3,(H,50,59)(H,52,57)(H,53,58)(H4,47,48,54);1H/t28?,35-,37+,41-;/m1./s1. The normalized spacial score (nSPS) is 15.7. The number of hydrogen-bond donors (Lipinski definition) is 7. The molecule has 4 atom stereocenters. The summed E-state index contributed by atoms with van der Waals surface area (Å²) in [5, 5.41) is 22.9. The smallest absolute Gasteiger partial charge is 0.255 e. The van der Waals surface area contributed by atoms with E-state index in [0.29, 0.717) is 35.8 Å². The second-order valence-electron chi connectivity index (χ2n) is 16.9. The number of β-amino-alcohol motifs (C(OH)–C–C–N with tert-alkyl or cyclic N) is 1. The Hall–Kier alpha value is -5.55. The lowest BCUT2D eigenvalue weighted by molar-refractivity contribution is -0.142. The van der Waals surface area contributed by atoms with Crippen molar-refractivity contribution in [2.75, 3.05) is 25.5 Å². The number of nitrogens with zero attached hydrogens (tertiary/aromatic N) is 3. The van der Waals surface area contributed by atoms with Gasteiger partial charge in [-0.15, -0.1) is 23.7 Å². The van der Waals surface area contributed by atoms with E-state index in [1.54, 1.807) is 53.8 Å². The number of nitrogens with two attached hydrogens (primary N) is 2. The van der Waals surface area contributed by atoms with Gasteiger partial charge in [-0.05, 0) is 85.7 Å². The van der Waals surface area contributed by atoms with Crippen LogP contribution in [0.25, 0.3) is 10.4 Å². The first-order valence-corrected chi connectivity index (χ1v) is 21.9. The number of methoxy groups -OCH3 is 1. The maximum atomic E-state index is 14.0. The topological polar surface area (TPSA) is 226 Å². The van der Waals surface area contributed by atoms with Gasteiger partial charge in [0.2, 0.25) is 17.7 Å². The number of unbranched alkanes of at least 4 members (excludes halogenated alkanes) is 2. The Bertz CT molecular complexity index is 2190. The van der Waals surface area contributed by atoms with E-state index in [2.05, 4.69) is 31.2 Å². The van der Waals surface area contributed by atoms with Gasteiger partial charge < -0.3 is 47.5 Å². The Morgan fingerprint density at radius 3 is 2.33 bits per heavy atom. The number of likely N-dealkylation sites (tertiary alicyclic amines) is 1. The van der Waals surface area contributed by atoms with Crippen molar-refractivity contribution in [3.05, 3.63) is 94.6 Å². The third-order valence-electron chi connectivity index (χ3n) is 10.7. The number of benzene rings is 3. The number of nitrogens with one attached hydrogen (secondary N) is 4. The van der Waals surface area contributed by atoms with Crippen molar-refractivity contribution in [2.45, 2.75) is 104 Å². The van der Waals surface area contributed by atoms with Crippen molar-refractivity contribution in [3.8, 4) is 16.2 Å². The Morgan fingerprint density at radius 1 is 1.00 bits per heavy atom. The molecule has 9 N–H and O–H groups in total. The van der Waals surface area contributed by atoms with Gasteiger partial charge in [0.1, 0.15) is 17.5 Å². The third kappa shape index (κ3) is 14.5. The van der Waals surface area contributed by atoms with Gasteiger partial charge >= 0.3 is 0 Å². The van der Waals surface area contributed by atoms with Crippen molar-refractivity contribution in [1.29, 1.82) is 0 Å². The number of carbonyl (C=O) groups excluding carboxylic acids is 4. The number of aliphatic imine (C=N–C) groups is 1. The van der Waals surface area contributed by atoms with Gasteiger partial charge in [-0.25, -0.2) is 9.98 Å². The zero-order valence-electron chi connectivity index (χ0n) is 36.9. The summed E-state index contributed by atoms with van der Waals surface area (Å²) < 4.78 is 5.31. The lowest BCUT2D eigenvalue weighted by Gasteiger charge is -2.35. The lowest BCUT2D eigenvalue weighted by Crippen LogP contribution is -2.56. The minimum Gasteiger partial charge on any atom is -0.494 e. The van der Waals surface area contributed by atoms with E-state index in [9.17, 15) is 24.3 Å². The van der Waals surface area contributed by atoms with Gasteiger partial charge in [-0.2, -0.15) is 0 Å². The number of aliphatic hydroxyl groups excluding tert-OH is 1. The van der Waals surface area contributed by atoms with Crippen molar-refractivity contribution in [1.82, 2.24) is 25.8 Å². The van der Waals surface area contributed by atoms with Gasteiger partial charge in [-0.3, -0.25) is 19.2 Å². The molecule has 340 valence electrons. The maximum Gasteiger partial charge on any atom is 0.255 e. The highest BCUT2D eigenvalue weighted by atomic mass is 35.5. The number of rotatable bonds is 19. The molecule has 1 fully saturated rings. The summed E-state index contributed by atoms with van der Waals surface area (Å²) in [6.45, 7) is 11.0. The van der Waals surface area contributed by atoms with Crippen LogP contribution < -0.4 is 37.5 Å². The molecule has 0 aliphatic carbocycles. The predicted molar refractivity (Wildman–Crippen MR) is 251 cm³/mol. The largest absolute Gasteiger partial charge is 0.494 e. The Morgan fingerprint density at radius 2 is 1.70 bits per heavy atom. The zero-order valence-corrected chi connectivity index (χ0v) is 38.5. The number of thiazole rings is 1. The van der Waals surface area contributed by atoms with Crippen LogP contribution in [0.2, 0.25) is 0 Å². The molecule has 1 unspecified atom stereocenters. The summed E-state index contributed by atoms with van der Waals surface area (Å²) in [7, 11) is 1.46. The van der Waals surface area contributed by atoms with Crippen LogP contribution in [0, 0.1) is 12.3 Å². The summed E-state index contributed by atoms with van der Waals surface area (Å²) in [4.78, 5) is 64.1. The average Bonchev–Trinajstić information content (AvgIpc) is 3.84. The highest BCUT2D eigenvalue weighted by Crippen LogP contribution is 2.30. The number of ether oxygens (including phenoxy) is 1. The zero-order chi connectivity index (χ0) is 45.0. The molecule has 15 nitrogen and oxygen atoms in total. The number of aliphatic hydroxyl groups is 1. The Labute approximate surface area is 380 Å². The van der Waals surface area contributed by atoms with Gasteiger partial charge in [0.05, 0.1) is 41.8 Å². The molecule has 2 heterocycles. The maximum absolute atomic E-state index is 14.0. The van der Waals surface area contributed by atoms with Crippen LogP contribution in [0.15, 0.2) is 77.2 Å². The van der Waals surface area contributed by atoms with Crippen molar-refractivity contribution in [2.24, 2.45) is 21.9 Å². The van der Waals surface area contributed by atoms with Crippen LogP contribution in [-0.4, -0.2) is 89.0 Å². The summed E-state index contributed by atoms with van der Waals surface area (Å²) >= 11 is 1.59. The molecular weight excluding hydrogens is 842 g/mol. The highest BCUT2D eigenvalue weighted by Gasteiger charge is 2.43. The summed E-state index contributed by atoms with van der Waals surface area (Å²) in [5.41, 5.74) is 17.5. The van der Waals surface area contributed by atoms with Crippen LogP contribution in [0.4, 0.5) is 11.4 Å². The highest BCUT2D eigenvalue weighted by molar-refractivity contribution is 7.13. The summed E-state index contributed by atoms with van der Waals surface area (Å²) in [6, 6.07) is 18.5. The second kappa shape index (κ2) is 23.2. The van der Waals surface area contributed by atoms with Crippen molar-refractivity contribution < 1.29 is 29.0 Å². The molecule has 1 aliphatic rings. The number of halogens is 1. The van der Waals surface area contributed by atoms with Gasteiger partial charge in [0.25, 0.3) is 5.91 Å². The van der Waals surface area contributed by atoms with Crippen LogP contribution in [0.1, 0.15) is 87.0 Å². The quantitative estimate of drug-likeness (QED) is 0.0351. The average molecular weight is 905 g/mol. The van der Waals surface area contributed by atoms with Crippen molar-refractivity contribution in [3.63, 3.8) is 0 Å². The minimum absolute atomic E-state index is 0. The number of aromatic nitrogens is 1. The molecule has 1 aliphatic heterocycles. The van der Waals surface area contributed by atoms with Crippen LogP contribution >= 0.6 is 23.7 Å². The van der Waals surface area contributed by atoms with Crippen LogP contribution in [-0.2, 0) is 27.3 Å². The van der Waals surface area contributed by atoms with E-state index in [0.717, 1.165) is 52.9 Å². The number of guanidine groups is 1. The number of carbonyl (C=O) groups is 4. The fourth-order valence-electron chi connectivity index (χ4n) is 7.44. The SMILES string of the molecule is COc1cc(C(=O)Nc2ccc(CC(=O)NC(C)CCCCCN[C@H](C(=O)N3C[C@H](O)C[C@H]3C(=O)NCc3ccc(-c4scnc4C)cc3)C(C)(C)C)cc2)ccc1N=C(N)N.Cl. The molecule has 4 amide bonds. The van der Waals surface area contributed by atoms with E-state index in [1.807, 2.05) is 64.4 Å². The minimum atomic E-state index is -0.777. The first-order chi connectivity index (χ1) is 29.5. The Balaban J connectivity index is 0.00000871. The predicted octanol–water partition coefficient (Wildman–Crippen LogP) is 5.60. The van der Waals surface area contributed by atoms with E-state index in [1.165, 1.54) is 12.0 Å². The Kier molecular flexibility index (Phi) is 18.5. The monoisotopic (exact) mass is 903 g/mol. The molecule has 0 radical (unpaired) electrons. The molecule has 3 aromatic carbocycles. The van der Waals surface area contributed by atoms with E-state index in [4.69, 9.17) is 16.2 Å². The first kappa shape index (κ1) is 50.1. The fraction of sp³-hybridized carbons (Fsp3) is 0.435.